The van der Waals surface area contributed by atoms with Gasteiger partial charge in [-0.05, 0) is 24.6 Å². The van der Waals surface area contributed by atoms with Gasteiger partial charge in [0, 0.05) is 5.92 Å². The number of ketones is 1. The number of benzene rings is 1. The van der Waals surface area contributed by atoms with Crippen LogP contribution in [0.5, 0.6) is 5.75 Å². The highest BCUT2D eigenvalue weighted by molar-refractivity contribution is 5.98. The van der Waals surface area contributed by atoms with Crippen molar-refractivity contribution >= 4 is 11.7 Å². The summed E-state index contributed by atoms with van der Waals surface area (Å²) in [6, 6.07) is 4.80. The monoisotopic (exact) mass is 317 g/mol. The zero-order chi connectivity index (χ0) is 16.9. The Hall–Kier alpha value is -2.05. The number of nitrogens with one attached hydrogen (secondary N) is 1. The number of ether oxygens (including phenoxy) is 1. The average Bonchev–Trinajstić information content (AvgIpc) is 2.36. The number of carbonyl (C=O) groups excluding carboxylic acids is 2. The van der Waals surface area contributed by atoms with E-state index in [1.54, 1.807) is 26.8 Å². The molecular weight excluding hydrogens is 299 g/mol. The lowest BCUT2D eigenvalue weighted by Gasteiger charge is -2.16. The highest BCUT2D eigenvalue weighted by Gasteiger charge is 2.31. The van der Waals surface area contributed by atoms with Crippen LogP contribution in [-0.4, -0.2) is 18.1 Å². The minimum absolute atomic E-state index is 0.196. The third-order valence-electron chi connectivity index (χ3n) is 2.95. The molecule has 4 nitrogen and oxygen atoms in total. The third kappa shape index (κ3) is 6.15. The zero-order valence-corrected chi connectivity index (χ0v) is 12.5. The Bertz CT molecular complexity index is 541. The lowest BCUT2D eigenvalue weighted by molar-refractivity contribution is -0.274. The second kappa shape index (κ2) is 7.29. The van der Waals surface area contributed by atoms with E-state index in [4.69, 9.17) is 0 Å². The lowest BCUT2D eigenvalue weighted by atomic mass is 10.0. The minimum atomic E-state index is -4.77. The van der Waals surface area contributed by atoms with Crippen LogP contribution >= 0.6 is 0 Å². The molecule has 0 aromatic heterocycles. The first-order chi connectivity index (χ1) is 10.1. The Kier molecular flexibility index (Phi) is 5.96. The Morgan fingerprint density at radius 2 is 1.86 bits per heavy atom. The molecule has 0 radical (unpaired) electrons. The topological polar surface area (TPSA) is 55.4 Å². The van der Waals surface area contributed by atoms with E-state index in [-0.39, 0.29) is 23.9 Å². The number of hydrogen-bond donors (Lipinski definition) is 1. The molecule has 1 unspecified atom stereocenters. The third-order valence-corrected chi connectivity index (χ3v) is 2.95. The van der Waals surface area contributed by atoms with Gasteiger partial charge in [0.2, 0.25) is 5.91 Å². The normalized spacial score (nSPS) is 12.9. The van der Waals surface area contributed by atoms with E-state index in [0.29, 0.717) is 5.56 Å². The fourth-order valence-electron chi connectivity index (χ4n) is 1.72. The van der Waals surface area contributed by atoms with Gasteiger partial charge in [-0.2, -0.15) is 0 Å². The lowest BCUT2D eigenvalue weighted by Crippen LogP contribution is -2.29. The molecule has 0 saturated heterocycles. The fraction of sp³-hybridized carbons (Fsp3) is 0.467. The van der Waals surface area contributed by atoms with Crippen LogP contribution in [0.4, 0.5) is 13.2 Å². The van der Waals surface area contributed by atoms with Crippen molar-refractivity contribution < 1.29 is 27.5 Å². The summed E-state index contributed by atoms with van der Waals surface area (Å²) in [4.78, 5) is 23.2. The molecule has 0 spiro atoms. The molecule has 0 saturated carbocycles. The van der Waals surface area contributed by atoms with E-state index in [9.17, 15) is 22.8 Å². The SMILES string of the molecule is CC(C)C(=O)CC(=O)NC(C)c1cccc(OC(F)(F)F)c1. The highest BCUT2D eigenvalue weighted by atomic mass is 19.4. The van der Waals surface area contributed by atoms with E-state index >= 15 is 0 Å². The quantitative estimate of drug-likeness (QED) is 0.818. The number of alkyl halides is 3. The van der Waals surface area contributed by atoms with Crippen molar-refractivity contribution in [3.63, 3.8) is 0 Å². The number of carbonyl (C=O) groups is 2. The molecule has 1 aromatic carbocycles. The van der Waals surface area contributed by atoms with E-state index < -0.39 is 18.3 Å². The first-order valence-corrected chi connectivity index (χ1v) is 6.76. The Morgan fingerprint density at radius 1 is 1.23 bits per heavy atom. The Balaban J connectivity index is 2.69. The molecule has 0 heterocycles. The highest BCUT2D eigenvalue weighted by Crippen LogP contribution is 2.25. The summed E-state index contributed by atoms with van der Waals surface area (Å²) in [7, 11) is 0. The van der Waals surface area contributed by atoms with Crippen LogP contribution in [0, 0.1) is 5.92 Å². The molecule has 22 heavy (non-hydrogen) atoms. The van der Waals surface area contributed by atoms with Gasteiger partial charge in [-0.15, -0.1) is 13.2 Å². The second-order valence-corrected chi connectivity index (χ2v) is 5.21. The molecule has 0 aliphatic carbocycles. The van der Waals surface area contributed by atoms with Crippen LogP contribution < -0.4 is 10.1 Å². The molecule has 0 aliphatic rings. The van der Waals surface area contributed by atoms with Crippen LogP contribution in [0.1, 0.15) is 38.8 Å². The first kappa shape index (κ1) is 18.0. The van der Waals surface area contributed by atoms with Gasteiger partial charge in [0.1, 0.15) is 11.5 Å². The molecule has 0 aliphatic heterocycles. The number of rotatable bonds is 6. The molecule has 0 bridgehead atoms. The van der Waals surface area contributed by atoms with E-state index in [2.05, 4.69) is 10.1 Å². The maximum Gasteiger partial charge on any atom is 0.573 e. The molecule has 122 valence electrons. The zero-order valence-electron chi connectivity index (χ0n) is 12.5. The smallest absolute Gasteiger partial charge is 0.406 e. The molecule has 0 fully saturated rings. The summed E-state index contributed by atoms with van der Waals surface area (Å²) in [6.07, 6.45) is -5.02. The summed E-state index contributed by atoms with van der Waals surface area (Å²) in [5.41, 5.74) is 0.451. The van der Waals surface area contributed by atoms with Crippen LogP contribution in [-0.2, 0) is 9.59 Å². The van der Waals surface area contributed by atoms with Crippen molar-refractivity contribution in [1.82, 2.24) is 5.32 Å². The maximum absolute atomic E-state index is 12.2. The van der Waals surface area contributed by atoms with Crippen molar-refractivity contribution in [2.24, 2.45) is 5.92 Å². The van der Waals surface area contributed by atoms with Crippen molar-refractivity contribution in [2.45, 2.75) is 39.6 Å². The second-order valence-electron chi connectivity index (χ2n) is 5.21. The van der Waals surface area contributed by atoms with Gasteiger partial charge < -0.3 is 10.1 Å². The molecule has 1 aromatic rings. The number of amides is 1. The fourth-order valence-corrected chi connectivity index (χ4v) is 1.72. The summed E-state index contributed by atoms with van der Waals surface area (Å²) in [5.74, 6) is -1.26. The first-order valence-electron chi connectivity index (χ1n) is 6.76. The van der Waals surface area contributed by atoms with Crippen molar-refractivity contribution in [3.05, 3.63) is 29.8 Å². The van der Waals surface area contributed by atoms with Crippen molar-refractivity contribution in [3.8, 4) is 5.75 Å². The molecule has 7 heteroatoms. The predicted octanol–water partition coefficient (Wildman–Crippen LogP) is 3.38. The van der Waals surface area contributed by atoms with Crippen LogP contribution in [0.25, 0.3) is 0 Å². The molecule has 1 amide bonds. The van der Waals surface area contributed by atoms with Gasteiger partial charge in [0.25, 0.3) is 0 Å². The number of hydrogen-bond acceptors (Lipinski definition) is 3. The maximum atomic E-state index is 12.2. The molecule has 1 atom stereocenters. The summed E-state index contributed by atoms with van der Waals surface area (Å²) >= 11 is 0. The summed E-state index contributed by atoms with van der Waals surface area (Å²) in [6.45, 7) is 5.00. The summed E-state index contributed by atoms with van der Waals surface area (Å²) < 4.78 is 40.3. The number of halogens is 3. The minimum Gasteiger partial charge on any atom is -0.406 e. The Morgan fingerprint density at radius 3 is 2.41 bits per heavy atom. The van der Waals surface area contributed by atoms with Gasteiger partial charge in [-0.25, -0.2) is 0 Å². The largest absolute Gasteiger partial charge is 0.573 e. The molecule has 1 N–H and O–H groups in total. The van der Waals surface area contributed by atoms with Gasteiger partial charge in [-0.3, -0.25) is 9.59 Å². The molecular formula is C15H18F3NO3. The van der Waals surface area contributed by atoms with E-state index in [0.717, 1.165) is 0 Å². The van der Waals surface area contributed by atoms with Crippen LogP contribution in [0.3, 0.4) is 0 Å². The van der Waals surface area contributed by atoms with Crippen LogP contribution in [0.15, 0.2) is 24.3 Å². The average molecular weight is 317 g/mol. The van der Waals surface area contributed by atoms with Gasteiger partial charge in [0.05, 0.1) is 12.5 Å². The van der Waals surface area contributed by atoms with Gasteiger partial charge >= 0.3 is 6.36 Å². The van der Waals surface area contributed by atoms with Gasteiger partial charge in [-0.1, -0.05) is 26.0 Å². The van der Waals surface area contributed by atoms with Gasteiger partial charge in [0.15, 0.2) is 0 Å². The Labute approximate surface area is 126 Å². The van der Waals surface area contributed by atoms with Crippen LogP contribution in [0.2, 0.25) is 0 Å². The molecule has 1 rings (SSSR count). The van der Waals surface area contributed by atoms with Crippen molar-refractivity contribution in [2.75, 3.05) is 0 Å². The van der Waals surface area contributed by atoms with E-state index in [1.165, 1.54) is 18.2 Å². The number of Topliss-reactive ketones (excluding diaryl/α,β-unsaturated/α-hetero) is 1. The predicted molar refractivity (Wildman–Crippen MR) is 74.1 cm³/mol. The summed E-state index contributed by atoms with van der Waals surface area (Å²) in [5, 5.41) is 2.58. The van der Waals surface area contributed by atoms with E-state index in [1.807, 2.05) is 0 Å². The van der Waals surface area contributed by atoms with Crippen molar-refractivity contribution in [1.29, 1.82) is 0 Å². The standard InChI is InChI=1S/C15H18F3NO3/c1-9(2)13(20)8-14(21)19-10(3)11-5-4-6-12(7-11)22-15(16,17)18/h4-7,9-10H,8H2,1-3H3,(H,19,21).